The predicted molar refractivity (Wildman–Crippen MR) is 129 cm³/mol. The van der Waals surface area contributed by atoms with Crippen LogP contribution in [0.4, 0.5) is 5.13 Å². The van der Waals surface area contributed by atoms with Crippen molar-refractivity contribution < 1.29 is 14.3 Å². The molecule has 6 nitrogen and oxygen atoms in total. The van der Waals surface area contributed by atoms with E-state index in [2.05, 4.69) is 31.4 Å². The minimum Gasteiger partial charge on any atom is -0.488 e. The Labute approximate surface area is 202 Å². The summed E-state index contributed by atoms with van der Waals surface area (Å²) in [6, 6.07) is 10.9. The van der Waals surface area contributed by atoms with E-state index >= 15 is 0 Å². The van der Waals surface area contributed by atoms with E-state index in [1.807, 2.05) is 18.2 Å². The Balaban J connectivity index is 1.66. The van der Waals surface area contributed by atoms with Gasteiger partial charge in [0.05, 0.1) is 24.9 Å². The first-order chi connectivity index (χ1) is 15.0. The largest absolute Gasteiger partial charge is 0.488 e. The monoisotopic (exact) mass is 541 g/mol. The Bertz CT molecular complexity index is 1070. The van der Waals surface area contributed by atoms with Crippen molar-refractivity contribution in [2.75, 3.05) is 12.0 Å². The summed E-state index contributed by atoms with van der Waals surface area (Å²) in [6.07, 6.45) is 1.75. The molecule has 0 atom stereocenters. The predicted octanol–water partition coefficient (Wildman–Crippen LogP) is 6.34. The normalized spacial score (nSPS) is 11.0. The molecule has 0 aliphatic rings. The maximum atomic E-state index is 11.6. The minimum atomic E-state index is -0.308. The molecule has 1 aromatic heterocycles. The molecule has 0 spiro atoms. The fourth-order valence-corrected chi connectivity index (χ4v) is 4.07. The quantitative estimate of drug-likeness (QED) is 0.194. The summed E-state index contributed by atoms with van der Waals surface area (Å²) in [5, 5.41) is 7.68. The van der Waals surface area contributed by atoms with Crippen LogP contribution in [0.15, 0.2) is 51.4 Å². The number of nitrogens with one attached hydrogen (secondary N) is 1. The lowest BCUT2D eigenvalue weighted by atomic mass is 10.2. The summed E-state index contributed by atoms with van der Waals surface area (Å²) < 4.78 is 11.7. The standard InChI is InChI=1S/C21H18BrCl2N3O3S/c1-2-29-20(28)9-15-12-31-21(26-15)27-25-10-13-8-14(22)6-7-19(13)30-11-16-17(23)4-3-5-18(16)24/h3-8,10,12H,2,9,11H2,1H3,(H,26,27). The van der Waals surface area contributed by atoms with Crippen molar-refractivity contribution in [1.29, 1.82) is 0 Å². The lowest BCUT2D eigenvalue weighted by Gasteiger charge is -2.12. The van der Waals surface area contributed by atoms with Gasteiger partial charge in [-0.2, -0.15) is 5.10 Å². The van der Waals surface area contributed by atoms with Gasteiger partial charge in [0.15, 0.2) is 0 Å². The molecule has 0 unspecified atom stereocenters. The molecular formula is C21H18BrCl2N3O3S. The number of esters is 1. The molecule has 0 radical (unpaired) electrons. The Morgan fingerprint density at radius 2 is 2.06 bits per heavy atom. The van der Waals surface area contributed by atoms with Crippen LogP contribution in [0.3, 0.4) is 0 Å². The Morgan fingerprint density at radius 1 is 1.29 bits per heavy atom. The highest BCUT2D eigenvalue weighted by Crippen LogP contribution is 2.28. The molecule has 0 aliphatic carbocycles. The van der Waals surface area contributed by atoms with Crippen LogP contribution in [0.25, 0.3) is 0 Å². The van der Waals surface area contributed by atoms with E-state index in [4.69, 9.17) is 32.7 Å². The summed E-state index contributed by atoms with van der Waals surface area (Å²) in [7, 11) is 0. The first-order valence-electron chi connectivity index (χ1n) is 9.20. The van der Waals surface area contributed by atoms with Crippen molar-refractivity contribution in [2.24, 2.45) is 5.10 Å². The van der Waals surface area contributed by atoms with Crippen LogP contribution >= 0.6 is 50.5 Å². The molecule has 0 aliphatic heterocycles. The van der Waals surface area contributed by atoms with Crippen LogP contribution in [0.5, 0.6) is 5.75 Å². The van der Waals surface area contributed by atoms with Crippen molar-refractivity contribution in [1.82, 2.24) is 4.98 Å². The number of halogens is 3. The number of anilines is 1. The molecule has 162 valence electrons. The number of carbonyl (C=O) groups excluding carboxylic acids is 1. The number of rotatable bonds is 9. The summed E-state index contributed by atoms with van der Waals surface area (Å²) in [5.74, 6) is 0.310. The number of nitrogens with zero attached hydrogens (tertiary/aromatic N) is 2. The third kappa shape index (κ3) is 6.93. The highest BCUT2D eigenvalue weighted by Gasteiger charge is 2.10. The van der Waals surface area contributed by atoms with Gasteiger partial charge in [0.25, 0.3) is 0 Å². The van der Waals surface area contributed by atoms with E-state index in [1.54, 1.807) is 36.7 Å². The number of benzene rings is 2. The van der Waals surface area contributed by atoms with E-state index in [-0.39, 0.29) is 19.0 Å². The maximum Gasteiger partial charge on any atom is 0.311 e. The molecule has 3 rings (SSSR count). The Morgan fingerprint density at radius 3 is 2.81 bits per heavy atom. The fourth-order valence-electron chi connectivity index (χ4n) is 2.53. The van der Waals surface area contributed by atoms with Crippen molar-refractivity contribution in [3.63, 3.8) is 0 Å². The van der Waals surface area contributed by atoms with Gasteiger partial charge in [-0.05, 0) is 37.3 Å². The van der Waals surface area contributed by atoms with Crippen LogP contribution in [0, 0.1) is 0 Å². The molecule has 2 aromatic carbocycles. The molecule has 1 N–H and O–H groups in total. The minimum absolute atomic E-state index is 0.129. The van der Waals surface area contributed by atoms with Crippen molar-refractivity contribution in [3.05, 3.63) is 73.1 Å². The SMILES string of the molecule is CCOC(=O)Cc1csc(NN=Cc2cc(Br)ccc2OCc2c(Cl)cccc2Cl)n1. The highest BCUT2D eigenvalue weighted by molar-refractivity contribution is 9.10. The first kappa shape index (κ1) is 23.5. The fraction of sp³-hybridized carbons (Fsp3) is 0.190. The molecule has 3 aromatic rings. The van der Waals surface area contributed by atoms with Crippen molar-refractivity contribution >= 4 is 67.8 Å². The highest BCUT2D eigenvalue weighted by atomic mass is 79.9. The van der Waals surface area contributed by atoms with E-state index in [0.29, 0.717) is 38.8 Å². The average Bonchev–Trinajstić information content (AvgIpc) is 3.16. The third-order valence-electron chi connectivity index (χ3n) is 3.95. The zero-order valence-electron chi connectivity index (χ0n) is 16.4. The van der Waals surface area contributed by atoms with Gasteiger partial charge in [0, 0.05) is 31.0 Å². The summed E-state index contributed by atoms with van der Waals surface area (Å²) in [4.78, 5) is 15.9. The molecule has 10 heteroatoms. The molecule has 0 fully saturated rings. The number of hydrogen-bond donors (Lipinski definition) is 1. The van der Waals surface area contributed by atoms with Crippen molar-refractivity contribution in [2.45, 2.75) is 20.0 Å². The Kier molecular flexibility index (Phi) is 8.71. The first-order valence-corrected chi connectivity index (χ1v) is 11.6. The second-order valence-corrected chi connectivity index (χ2v) is 8.76. The van der Waals surface area contributed by atoms with Gasteiger partial charge in [-0.15, -0.1) is 11.3 Å². The van der Waals surface area contributed by atoms with Crippen LogP contribution in [0.1, 0.15) is 23.7 Å². The van der Waals surface area contributed by atoms with Gasteiger partial charge < -0.3 is 9.47 Å². The van der Waals surface area contributed by atoms with Gasteiger partial charge in [-0.25, -0.2) is 4.98 Å². The second kappa shape index (κ2) is 11.5. The summed E-state index contributed by atoms with van der Waals surface area (Å²) >= 11 is 17.2. The zero-order valence-corrected chi connectivity index (χ0v) is 20.3. The summed E-state index contributed by atoms with van der Waals surface area (Å²) in [5.41, 5.74) is 4.96. The second-order valence-electron chi connectivity index (χ2n) is 6.17. The van der Waals surface area contributed by atoms with Gasteiger partial charge in [-0.3, -0.25) is 10.2 Å². The number of hydrazone groups is 1. The smallest absolute Gasteiger partial charge is 0.311 e. The number of thiazole rings is 1. The van der Waals surface area contributed by atoms with E-state index in [9.17, 15) is 4.79 Å². The maximum absolute atomic E-state index is 11.6. The molecule has 31 heavy (non-hydrogen) atoms. The topological polar surface area (TPSA) is 72.8 Å². The molecule has 0 bridgehead atoms. The van der Waals surface area contributed by atoms with E-state index in [1.165, 1.54) is 11.3 Å². The number of ether oxygens (including phenoxy) is 2. The number of hydrogen-bond acceptors (Lipinski definition) is 7. The Hall–Kier alpha value is -2.13. The molecule has 0 amide bonds. The van der Waals surface area contributed by atoms with E-state index in [0.717, 1.165) is 10.0 Å². The molecule has 0 saturated carbocycles. The lowest BCUT2D eigenvalue weighted by Crippen LogP contribution is -2.07. The number of aromatic nitrogens is 1. The van der Waals surface area contributed by atoms with E-state index < -0.39 is 0 Å². The van der Waals surface area contributed by atoms with Gasteiger partial charge >= 0.3 is 5.97 Å². The van der Waals surface area contributed by atoms with Crippen LogP contribution in [-0.2, 0) is 22.6 Å². The summed E-state index contributed by atoms with van der Waals surface area (Å²) in [6.45, 7) is 2.33. The molecular weight excluding hydrogens is 525 g/mol. The number of carbonyl (C=O) groups is 1. The third-order valence-corrected chi connectivity index (χ3v) is 5.95. The zero-order chi connectivity index (χ0) is 22.2. The van der Waals surface area contributed by atoms with Crippen molar-refractivity contribution in [3.8, 4) is 5.75 Å². The molecule has 1 heterocycles. The van der Waals surface area contributed by atoms with Gasteiger partial charge in [0.1, 0.15) is 12.4 Å². The van der Waals surface area contributed by atoms with Gasteiger partial charge in [0.2, 0.25) is 5.13 Å². The molecule has 0 saturated heterocycles. The van der Waals surface area contributed by atoms with Crippen LogP contribution < -0.4 is 10.2 Å². The van der Waals surface area contributed by atoms with Gasteiger partial charge in [-0.1, -0.05) is 45.2 Å². The van der Waals surface area contributed by atoms with Crippen LogP contribution in [0.2, 0.25) is 10.0 Å². The average molecular weight is 543 g/mol. The van der Waals surface area contributed by atoms with Crippen LogP contribution in [-0.4, -0.2) is 23.8 Å². The lowest BCUT2D eigenvalue weighted by molar-refractivity contribution is -0.142.